The molecule has 0 N–H and O–H groups in total. The maximum absolute atomic E-state index is 12.9. The Kier molecular flexibility index (Phi) is 1.19. The smallest absolute Gasteiger partial charge is 0.142 e. The Hall–Kier alpha value is -0.920. The molecule has 0 aliphatic heterocycles. The second-order valence-corrected chi connectivity index (χ2v) is 2.55. The standard InChI is InChI=1S/C8H8FN/c9-7-4-3-6-2-1-5-10-8(6)7/h1-2,5,7H,3-4H2. The molecule has 0 amide bonds. The number of alkyl halides is 1. The van der Waals surface area contributed by atoms with Crippen LogP contribution in [0.25, 0.3) is 0 Å². The molecule has 10 heavy (non-hydrogen) atoms. The van der Waals surface area contributed by atoms with Gasteiger partial charge in [-0.1, -0.05) is 6.07 Å². The van der Waals surface area contributed by atoms with Crippen molar-refractivity contribution in [3.63, 3.8) is 0 Å². The summed E-state index contributed by atoms with van der Waals surface area (Å²) in [4.78, 5) is 3.97. The third kappa shape index (κ3) is 0.719. The minimum absolute atomic E-state index is 0.617. The van der Waals surface area contributed by atoms with Crippen molar-refractivity contribution in [3.8, 4) is 0 Å². The Balaban J connectivity index is 2.51. The number of aryl methyl sites for hydroxylation is 1. The van der Waals surface area contributed by atoms with Crippen LogP contribution in [-0.2, 0) is 6.42 Å². The van der Waals surface area contributed by atoms with Crippen LogP contribution in [0.2, 0.25) is 0 Å². The summed E-state index contributed by atoms with van der Waals surface area (Å²) in [6, 6.07) is 3.80. The molecule has 1 aliphatic carbocycles. The Morgan fingerprint density at radius 1 is 1.60 bits per heavy atom. The second-order valence-electron chi connectivity index (χ2n) is 2.55. The number of hydrogen-bond acceptors (Lipinski definition) is 1. The van der Waals surface area contributed by atoms with Gasteiger partial charge < -0.3 is 0 Å². The number of rotatable bonds is 0. The summed E-state index contributed by atoms with van der Waals surface area (Å²) < 4.78 is 12.9. The molecule has 0 aromatic carbocycles. The first-order chi connectivity index (χ1) is 4.88. The average Bonchev–Trinajstić information content (AvgIpc) is 2.34. The van der Waals surface area contributed by atoms with Crippen LogP contribution in [0, 0.1) is 0 Å². The van der Waals surface area contributed by atoms with Crippen LogP contribution < -0.4 is 0 Å². The number of aromatic nitrogens is 1. The third-order valence-electron chi connectivity index (χ3n) is 1.89. The Bertz CT molecular complexity index is 247. The van der Waals surface area contributed by atoms with E-state index in [1.54, 1.807) is 6.20 Å². The van der Waals surface area contributed by atoms with Gasteiger partial charge in [-0.05, 0) is 24.5 Å². The van der Waals surface area contributed by atoms with Crippen LogP contribution in [0.15, 0.2) is 18.3 Å². The fraction of sp³-hybridized carbons (Fsp3) is 0.375. The quantitative estimate of drug-likeness (QED) is 0.533. The highest BCUT2D eigenvalue weighted by Gasteiger charge is 2.21. The zero-order valence-corrected chi connectivity index (χ0v) is 5.55. The van der Waals surface area contributed by atoms with Crippen LogP contribution in [-0.4, -0.2) is 4.98 Å². The zero-order chi connectivity index (χ0) is 6.97. The van der Waals surface area contributed by atoms with Crippen LogP contribution in [0.5, 0.6) is 0 Å². The van der Waals surface area contributed by atoms with E-state index < -0.39 is 6.17 Å². The number of pyridine rings is 1. The van der Waals surface area contributed by atoms with Crippen molar-refractivity contribution in [2.24, 2.45) is 0 Å². The minimum atomic E-state index is -0.809. The Morgan fingerprint density at radius 3 is 3.30 bits per heavy atom. The van der Waals surface area contributed by atoms with Gasteiger partial charge in [-0.15, -0.1) is 0 Å². The van der Waals surface area contributed by atoms with Crippen LogP contribution in [0.4, 0.5) is 4.39 Å². The first kappa shape index (κ1) is 5.83. The largest absolute Gasteiger partial charge is 0.258 e. The molecule has 0 spiro atoms. The van der Waals surface area contributed by atoms with E-state index in [-0.39, 0.29) is 0 Å². The van der Waals surface area contributed by atoms with Crippen molar-refractivity contribution in [1.82, 2.24) is 4.98 Å². The van der Waals surface area contributed by atoms with Gasteiger partial charge in [0.2, 0.25) is 0 Å². The molecule has 1 aromatic heterocycles. The number of hydrogen-bond donors (Lipinski definition) is 0. The Morgan fingerprint density at radius 2 is 2.50 bits per heavy atom. The molecule has 2 rings (SSSR count). The fourth-order valence-electron chi connectivity index (χ4n) is 1.36. The molecule has 0 bridgehead atoms. The van der Waals surface area contributed by atoms with Crippen molar-refractivity contribution < 1.29 is 4.39 Å². The topological polar surface area (TPSA) is 12.9 Å². The number of nitrogens with zero attached hydrogens (tertiary/aromatic N) is 1. The predicted octanol–water partition coefficient (Wildman–Crippen LogP) is 2.04. The van der Waals surface area contributed by atoms with Gasteiger partial charge >= 0.3 is 0 Å². The van der Waals surface area contributed by atoms with E-state index in [1.165, 1.54) is 0 Å². The molecule has 0 radical (unpaired) electrons. The van der Waals surface area contributed by atoms with Crippen molar-refractivity contribution in [1.29, 1.82) is 0 Å². The predicted molar refractivity (Wildman–Crippen MR) is 36.4 cm³/mol. The molecule has 52 valence electrons. The van der Waals surface area contributed by atoms with Gasteiger partial charge in [-0.25, -0.2) is 4.39 Å². The van der Waals surface area contributed by atoms with Crippen LogP contribution in [0.1, 0.15) is 23.8 Å². The summed E-state index contributed by atoms with van der Waals surface area (Å²) in [5, 5.41) is 0. The minimum Gasteiger partial charge on any atom is -0.258 e. The lowest BCUT2D eigenvalue weighted by atomic mass is 10.2. The van der Waals surface area contributed by atoms with E-state index in [0.29, 0.717) is 12.1 Å². The molecule has 1 atom stereocenters. The van der Waals surface area contributed by atoms with Gasteiger partial charge in [0.05, 0.1) is 5.69 Å². The number of halogens is 1. The highest BCUT2D eigenvalue weighted by Crippen LogP contribution is 2.31. The molecule has 0 fully saturated rings. The van der Waals surface area contributed by atoms with Crippen LogP contribution >= 0.6 is 0 Å². The van der Waals surface area contributed by atoms with Gasteiger partial charge in [0.15, 0.2) is 0 Å². The fourth-order valence-corrected chi connectivity index (χ4v) is 1.36. The Labute approximate surface area is 58.9 Å². The van der Waals surface area contributed by atoms with E-state index in [2.05, 4.69) is 4.98 Å². The van der Waals surface area contributed by atoms with Crippen molar-refractivity contribution in [2.75, 3.05) is 0 Å². The maximum atomic E-state index is 12.9. The summed E-state index contributed by atoms with van der Waals surface area (Å²) in [5.74, 6) is 0. The van der Waals surface area contributed by atoms with Gasteiger partial charge in [0.25, 0.3) is 0 Å². The molecular formula is C8H8FN. The van der Waals surface area contributed by atoms with E-state index in [1.807, 2.05) is 12.1 Å². The lowest BCUT2D eigenvalue weighted by molar-refractivity contribution is 0.337. The van der Waals surface area contributed by atoms with Gasteiger partial charge in [0, 0.05) is 6.20 Å². The van der Waals surface area contributed by atoms with Gasteiger partial charge in [-0.2, -0.15) is 0 Å². The third-order valence-corrected chi connectivity index (χ3v) is 1.89. The van der Waals surface area contributed by atoms with Gasteiger partial charge in [0.1, 0.15) is 6.17 Å². The monoisotopic (exact) mass is 137 g/mol. The first-order valence-electron chi connectivity index (χ1n) is 3.46. The normalized spacial score (nSPS) is 22.7. The van der Waals surface area contributed by atoms with E-state index in [4.69, 9.17) is 0 Å². The summed E-state index contributed by atoms with van der Waals surface area (Å²) in [7, 11) is 0. The first-order valence-corrected chi connectivity index (χ1v) is 3.46. The molecule has 0 saturated heterocycles. The summed E-state index contributed by atoms with van der Waals surface area (Å²) >= 11 is 0. The average molecular weight is 137 g/mol. The van der Waals surface area contributed by atoms with Crippen molar-refractivity contribution >= 4 is 0 Å². The molecule has 1 aliphatic rings. The molecular weight excluding hydrogens is 129 g/mol. The maximum Gasteiger partial charge on any atom is 0.142 e. The van der Waals surface area contributed by atoms with E-state index >= 15 is 0 Å². The lowest BCUT2D eigenvalue weighted by Gasteiger charge is -1.96. The van der Waals surface area contributed by atoms with Crippen LogP contribution in [0.3, 0.4) is 0 Å². The van der Waals surface area contributed by atoms with Crippen molar-refractivity contribution in [2.45, 2.75) is 19.0 Å². The molecule has 1 heterocycles. The molecule has 1 unspecified atom stereocenters. The second kappa shape index (κ2) is 2.04. The highest BCUT2D eigenvalue weighted by molar-refractivity contribution is 5.26. The molecule has 2 heteroatoms. The van der Waals surface area contributed by atoms with Crippen molar-refractivity contribution in [3.05, 3.63) is 29.6 Å². The SMILES string of the molecule is FC1CCc2cccnc21. The molecule has 1 aromatic rings. The van der Waals surface area contributed by atoms with E-state index in [0.717, 1.165) is 12.0 Å². The zero-order valence-electron chi connectivity index (χ0n) is 5.55. The summed E-state index contributed by atoms with van der Waals surface area (Å²) in [5.41, 5.74) is 1.73. The lowest BCUT2D eigenvalue weighted by Crippen LogP contribution is -1.87. The van der Waals surface area contributed by atoms with E-state index in [9.17, 15) is 4.39 Å². The number of fused-ring (bicyclic) bond motifs is 1. The highest BCUT2D eigenvalue weighted by atomic mass is 19.1. The summed E-state index contributed by atoms with van der Waals surface area (Å²) in [6.07, 6.45) is 2.31. The molecule has 1 nitrogen and oxygen atoms in total. The van der Waals surface area contributed by atoms with Gasteiger partial charge in [-0.3, -0.25) is 4.98 Å². The molecule has 0 saturated carbocycles. The summed E-state index contributed by atoms with van der Waals surface area (Å²) in [6.45, 7) is 0.